The minimum Gasteiger partial charge on any atom is -0.340 e. The van der Waals surface area contributed by atoms with E-state index in [1.165, 1.54) is 18.4 Å². The standard InChI is InChI=1S/C19H29N3O/c1-14(2)18(20)19(23)21-11-10-17(13-21)22(16-8-9-16)12-15-6-4-3-5-7-15/h3-7,14,16-18H,8-13,20H2,1-2H3/t17-,18+/m1/s1. The number of nitrogens with two attached hydrogens (primary N) is 1. The average Bonchev–Trinajstić information content (AvgIpc) is 3.28. The lowest BCUT2D eigenvalue weighted by Crippen LogP contribution is -2.47. The molecule has 1 heterocycles. The van der Waals surface area contributed by atoms with Crippen molar-refractivity contribution < 1.29 is 4.79 Å². The second kappa shape index (κ2) is 7.02. The lowest BCUT2D eigenvalue weighted by atomic mass is 10.0. The van der Waals surface area contributed by atoms with Crippen molar-refractivity contribution >= 4 is 5.91 Å². The summed E-state index contributed by atoms with van der Waals surface area (Å²) >= 11 is 0. The van der Waals surface area contributed by atoms with Crippen molar-refractivity contribution in [3.63, 3.8) is 0 Å². The number of carbonyl (C=O) groups excluding carboxylic acids is 1. The van der Waals surface area contributed by atoms with Gasteiger partial charge in [-0.1, -0.05) is 44.2 Å². The smallest absolute Gasteiger partial charge is 0.239 e. The molecular weight excluding hydrogens is 286 g/mol. The fourth-order valence-electron chi connectivity index (χ4n) is 3.47. The highest BCUT2D eigenvalue weighted by molar-refractivity contribution is 5.82. The van der Waals surface area contributed by atoms with E-state index in [1.54, 1.807) is 0 Å². The van der Waals surface area contributed by atoms with E-state index >= 15 is 0 Å². The third-order valence-electron chi connectivity index (χ3n) is 5.17. The molecule has 0 unspecified atom stereocenters. The van der Waals surface area contributed by atoms with Crippen LogP contribution in [0.1, 0.15) is 38.7 Å². The van der Waals surface area contributed by atoms with Gasteiger partial charge in [0, 0.05) is 31.7 Å². The van der Waals surface area contributed by atoms with E-state index in [1.807, 2.05) is 18.7 Å². The molecule has 0 radical (unpaired) electrons. The van der Waals surface area contributed by atoms with E-state index < -0.39 is 0 Å². The van der Waals surface area contributed by atoms with Crippen molar-refractivity contribution in [2.75, 3.05) is 13.1 Å². The van der Waals surface area contributed by atoms with Gasteiger partial charge in [0.2, 0.25) is 5.91 Å². The minimum atomic E-state index is -0.364. The fourth-order valence-corrected chi connectivity index (χ4v) is 3.47. The molecule has 1 aliphatic heterocycles. The Morgan fingerprint density at radius 2 is 1.91 bits per heavy atom. The quantitative estimate of drug-likeness (QED) is 0.876. The summed E-state index contributed by atoms with van der Waals surface area (Å²) in [4.78, 5) is 17.1. The van der Waals surface area contributed by atoms with Crippen LogP contribution >= 0.6 is 0 Å². The molecule has 0 bridgehead atoms. The van der Waals surface area contributed by atoms with Crippen LogP contribution in [-0.2, 0) is 11.3 Å². The number of likely N-dealkylation sites (tertiary alicyclic amines) is 1. The zero-order valence-corrected chi connectivity index (χ0v) is 14.3. The molecule has 4 nitrogen and oxygen atoms in total. The normalized spacial score (nSPS) is 22.8. The highest BCUT2D eigenvalue weighted by atomic mass is 16.2. The molecule has 23 heavy (non-hydrogen) atoms. The molecule has 1 amide bonds. The first-order chi connectivity index (χ1) is 11.1. The maximum Gasteiger partial charge on any atom is 0.239 e. The van der Waals surface area contributed by atoms with Crippen LogP contribution in [0.15, 0.2) is 30.3 Å². The number of hydrogen-bond donors (Lipinski definition) is 1. The molecule has 126 valence electrons. The third kappa shape index (κ3) is 3.93. The van der Waals surface area contributed by atoms with Gasteiger partial charge >= 0.3 is 0 Å². The third-order valence-corrected chi connectivity index (χ3v) is 5.17. The summed E-state index contributed by atoms with van der Waals surface area (Å²) in [6, 6.07) is 11.5. The molecule has 1 aromatic rings. The Morgan fingerprint density at radius 1 is 1.22 bits per heavy atom. The summed E-state index contributed by atoms with van der Waals surface area (Å²) in [5.74, 6) is 0.323. The Labute approximate surface area is 139 Å². The van der Waals surface area contributed by atoms with Gasteiger partial charge in [0.15, 0.2) is 0 Å². The van der Waals surface area contributed by atoms with Crippen LogP contribution in [0, 0.1) is 5.92 Å². The van der Waals surface area contributed by atoms with Crippen LogP contribution in [0.5, 0.6) is 0 Å². The summed E-state index contributed by atoms with van der Waals surface area (Å²) in [5.41, 5.74) is 7.42. The Kier molecular flexibility index (Phi) is 5.02. The maximum atomic E-state index is 12.5. The summed E-state index contributed by atoms with van der Waals surface area (Å²) in [7, 11) is 0. The Bertz CT molecular complexity index is 527. The van der Waals surface area contributed by atoms with Crippen molar-refractivity contribution in [3.05, 3.63) is 35.9 Å². The molecular formula is C19H29N3O. The van der Waals surface area contributed by atoms with E-state index in [-0.39, 0.29) is 17.9 Å². The summed E-state index contributed by atoms with van der Waals surface area (Å²) in [6.07, 6.45) is 3.66. The van der Waals surface area contributed by atoms with Crippen LogP contribution < -0.4 is 5.73 Å². The van der Waals surface area contributed by atoms with E-state index in [0.717, 1.165) is 26.1 Å². The van der Waals surface area contributed by atoms with Crippen molar-refractivity contribution in [1.82, 2.24) is 9.80 Å². The Morgan fingerprint density at radius 3 is 2.52 bits per heavy atom. The largest absolute Gasteiger partial charge is 0.340 e. The minimum absolute atomic E-state index is 0.123. The molecule has 2 N–H and O–H groups in total. The van der Waals surface area contributed by atoms with Crippen LogP contribution in [0.25, 0.3) is 0 Å². The van der Waals surface area contributed by atoms with Crippen LogP contribution in [0.3, 0.4) is 0 Å². The first-order valence-electron chi connectivity index (χ1n) is 8.90. The molecule has 0 spiro atoms. The summed E-state index contributed by atoms with van der Waals surface area (Å²) in [6.45, 7) is 6.71. The number of nitrogens with zero attached hydrogens (tertiary/aromatic N) is 2. The zero-order chi connectivity index (χ0) is 16.4. The van der Waals surface area contributed by atoms with Gasteiger partial charge in [-0.3, -0.25) is 9.69 Å². The van der Waals surface area contributed by atoms with E-state index in [2.05, 4.69) is 35.2 Å². The first-order valence-corrected chi connectivity index (χ1v) is 8.90. The maximum absolute atomic E-state index is 12.5. The molecule has 2 atom stereocenters. The van der Waals surface area contributed by atoms with Crippen molar-refractivity contribution in [2.24, 2.45) is 11.7 Å². The van der Waals surface area contributed by atoms with Gasteiger partial charge in [-0.15, -0.1) is 0 Å². The van der Waals surface area contributed by atoms with Gasteiger partial charge < -0.3 is 10.6 Å². The lowest BCUT2D eigenvalue weighted by Gasteiger charge is -2.30. The van der Waals surface area contributed by atoms with Gasteiger partial charge in [0.1, 0.15) is 0 Å². The van der Waals surface area contributed by atoms with E-state index in [9.17, 15) is 4.79 Å². The summed E-state index contributed by atoms with van der Waals surface area (Å²) in [5, 5.41) is 0. The predicted octanol–water partition coefficient (Wildman–Crippen LogP) is 2.24. The van der Waals surface area contributed by atoms with Crippen LogP contribution in [-0.4, -0.2) is 46.9 Å². The van der Waals surface area contributed by atoms with Crippen molar-refractivity contribution in [2.45, 2.75) is 57.8 Å². The van der Waals surface area contributed by atoms with Crippen LogP contribution in [0.2, 0.25) is 0 Å². The molecule has 1 saturated heterocycles. The summed E-state index contributed by atoms with van der Waals surface area (Å²) < 4.78 is 0. The molecule has 3 rings (SSSR count). The van der Waals surface area contributed by atoms with Gasteiger partial charge in [-0.05, 0) is 30.7 Å². The Hall–Kier alpha value is -1.39. The molecule has 4 heteroatoms. The average molecular weight is 315 g/mol. The molecule has 1 saturated carbocycles. The van der Waals surface area contributed by atoms with Crippen molar-refractivity contribution in [1.29, 1.82) is 0 Å². The number of hydrogen-bond acceptors (Lipinski definition) is 3. The Balaban J connectivity index is 1.62. The topological polar surface area (TPSA) is 49.6 Å². The second-order valence-electron chi connectivity index (χ2n) is 7.39. The van der Waals surface area contributed by atoms with Crippen LogP contribution in [0.4, 0.5) is 0 Å². The number of carbonyl (C=O) groups is 1. The predicted molar refractivity (Wildman–Crippen MR) is 92.8 cm³/mol. The van der Waals surface area contributed by atoms with Gasteiger partial charge in [-0.2, -0.15) is 0 Å². The van der Waals surface area contributed by atoms with Gasteiger partial charge in [0.25, 0.3) is 0 Å². The van der Waals surface area contributed by atoms with Gasteiger partial charge in [-0.25, -0.2) is 0 Å². The number of benzene rings is 1. The number of amides is 1. The lowest BCUT2D eigenvalue weighted by molar-refractivity contribution is -0.132. The molecule has 2 fully saturated rings. The monoisotopic (exact) mass is 315 g/mol. The molecule has 0 aromatic heterocycles. The highest BCUT2D eigenvalue weighted by Gasteiger charge is 2.39. The zero-order valence-electron chi connectivity index (χ0n) is 14.3. The molecule has 2 aliphatic rings. The first kappa shape index (κ1) is 16.5. The van der Waals surface area contributed by atoms with E-state index in [0.29, 0.717) is 12.1 Å². The van der Waals surface area contributed by atoms with E-state index in [4.69, 9.17) is 5.73 Å². The van der Waals surface area contributed by atoms with Gasteiger partial charge in [0.05, 0.1) is 6.04 Å². The molecule has 1 aliphatic carbocycles. The number of rotatable bonds is 6. The van der Waals surface area contributed by atoms with Crippen molar-refractivity contribution in [3.8, 4) is 0 Å². The molecule has 1 aromatic carbocycles. The SMILES string of the molecule is CC(C)[C@H](N)C(=O)N1CC[C@@H](N(Cc2ccccc2)C2CC2)C1. The highest BCUT2D eigenvalue weighted by Crippen LogP contribution is 2.33. The second-order valence-corrected chi connectivity index (χ2v) is 7.39. The fraction of sp³-hybridized carbons (Fsp3) is 0.632.